The first-order valence-electron chi connectivity index (χ1n) is 6.12. The maximum atomic E-state index is 4.50. The second-order valence-electron chi connectivity index (χ2n) is 4.74. The van der Waals surface area contributed by atoms with E-state index < -0.39 is 0 Å². The maximum absolute atomic E-state index is 4.50. The molecule has 2 aromatic heterocycles. The molecule has 3 heterocycles. The van der Waals surface area contributed by atoms with Gasteiger partial charge in [0, 0.05) is 6.42 Å². The Labute approximate surface area is 105 Å². The van der Waals surface area contributed by atoms with E-state index in [4.69, 9.17) is 0 Å². The molecule has 2 N–H and O–H groups in total. The Morgan fingerprint density at radius 3 is 3.18 bits per heavy atom. The van der Waals surface area contributed by atoms with Gasteiger partial charge in [-0.15, -0.1) is 11.3 Å². The topological polar surface area (TPSA) is 40.7 Å². The van der Waals surface area contributed by atoms with E-state index in [0.717, 1.165) is 31.3 Å². The van der Waals surface area contributed by atoms with Gasteiger partial charge in [-0.2, -0.15) is 0 Å². The molecule has 0 aliphatic carbocycles. The van der Waals surface area contributed by atoms with E-state index in [1.807, 2.05) is 6.20 Å². The van der Waals surface area contributed by atoms with E-state index in [1.165, 1.54) is 22.6 Å². The Balaban J connectivity index is 1.76. The molecule has 17 heavy (non-hydrogen) atoms. The normalized spacial score (nSPS) is 19.9. The molecule has 0 amide bonds. The maximum Gasteiger partial charge on any atom is 0.106 e. The van der Waals surface area contributed by atoms with Gasteiger partial charge in [0.1, 0.15) is 5.82 Å². The molecule has 1 saturated heterocycles. The van der Waals surface area contributed by atoms with Crippen LogP contribution in [0, 0.1) is 12.8 Å². The quantitative estimate of drug-likeness (QED) is 0.875. The molecule has 0 radical (unpaired) electrons. The highest BCUT2D eigenvalue weighted by Gasteiger charge is 2.16. The lowest BCUT2D eigenvalue weighted by Gasteiger charge is -2.04. The first-order chi connectivity index (χ1) is 8.33. The summed E-state index contributed by atoms with van der Waals surface area (Å²) >= 11 is 1.78. The highest BCUT2D eigenvalue weighted by molar-refractivity contribution is 7.13. The fraction of sp³-hybridized carbons (Fsp3) is 0.462. The van der Waals surface area contributed by atoms with Gasteiger partial charge >= 0.3 is 0 Å². The number of aryl methyl sites for hydroxylation is 1. The summed E-state index contributed by atoms with van der Waals surface area (Å²) in [5, 5.41) is 5.53. The van der Waals surface area contributed by atoms with Crippen molar-refractivity contribution >= 4 is 11.3 Å². The van der Waals surface area contributed by atoms with E-state index >= 15 is 0 Å². The summed E-state index contributed by atoms with van der Waals surface area (Å²) in [5.41, 5.74) is 2.49. The molecule has 1 unspecified atom stereocenters. The molecule has 90 valence electrons. The summed E-state index contributed by atoms with van der Waals surface area (Å²) in [6.07, 6.45) is 4.31. The van der Waals surface area contributed by atoms with Crippen molar-refractivity contribution in [1.82, 2.24) is 15.3 Å². The van der Waals surface area contributed by atoms with Gasteiger partial charge in [-0.1, -0.05) is 0 Å². The number of aromatic amines is 1. The lowest BCUT2D eigenvalue weighted by atomic mass is 10.1. The molecule has 1 aliphatic heterocycles. The second-order valence-corrected chi connectivity index (χ2v) is 5.66. The second kappa shape index (κ2) is 4.63. The summed E-state index contributed by atoms with van der Waals surface area (Å²) in [6, 6.07) is 2.15. The first kappa shape index (κ1) is 11.0. The lowest BCUT2D eigenvalue weighted by Crippen LogP contribution is -2.11. The first-order valence-corrected chi connectivity index (χ1v) is 7.00. The molecular formula is C13H17N3S. The Bertz CT molecular complexity index is 494. The number of imidazole rings is 1. The van der Waals surface area contributed by atoms with Crippen LogP contribution in [0.5, 0.6) is 0 Å². The van der Waals surface area contributed by atoms with Crippen molar-refractivity contribution in [3.05, 3.63) is 29.0 Å². The van der Waals surface area contributed by atoms with Crippen molar-refractivity contribution in [2.24, 2.45) is 5.92 Å². The molecule has 0 aromatic carbocycles. The van der Waals surface area contributed by atoms with Crippen LogP contribution in [-0.2, 0) is 6.42 Å². The van der Waals surface area contributed by atoms with E-state index in [-0.39, 0.29) is 0 Å². The van der Waals surface area contributed by atoms with Crippen LogP contribution in [-0.4, -0.2) is 23.1 Å². The lowest BCUT2D eigenvalue weighted by molar-refractivity contribution is 0.565. The van der Waals surface area contributed by atoms with Gasteiger partial charge in [0.25, 0.3) is 0 Å². The van der Waals surface area contributed by atoms with Gasteiger partial charge in [0.2, 0.25) is 0 Å². The third kappa shape index (κ3) is 2.28. The molecule has 3 nitrogen and oxygen atoms in total. The van der Waals surface area contributed by atoms with Crippen LogP contribution < -0.4 is 5.32 Å². The van der Waals surface area contributed by atoms with Crippen molar-refractivity contribution in [2.45, 2.75) is 19.8 Å². The summed E-state index contributed by atoms with van der Waals surface area (Å²) in [6.45, 7) is 4.43. The standard InChI is InChI=1S/C13H17N3S/c1-9-3-5-17-13(9)11-8-15-12(16-11)6-10-2-4-14-7-10/h3,5,8,10,14H,2,4,6-7H2,1H3,(H,15,16). The average Bonchev–Trinajstić information content (AvgIpc) is 3.00. The van der Waals surface area contributed by atoms with Gasteiger partial charge in [0.15, 0.2) is 0 Å². The van der Waals surface area contributed by atoms with E-state index in [1.54, 1.807) is 11.3 Å². The van der Waals surface area contributed by atoms with Crippen molar-refractivity contribution in [1.29, 1.82) is 0 Å². The zero-order valence-corrected chi connectivity index (χ0v) is 10.8. The summed E-state index contributed by atoms with van der Waals surface area (Å²) < 4.78 is 0. The highest BCUT2D eigenvalue weighted by atomic mass is 32.1. The van der Waals surface area contributed by atoms with Crippen LogP contribution in [0.4, 0.5) is 0 Å². The molecule has 1 fully saturated rings. The minimum atomic E-state index is 0.749. The van der Waals surface area contributed by atoms with Gasteiger partial charge in [-0.25, -0.2) is 4.98 Å². The van der Waals surface area contributed by atoms with Gasteiger partial charge in [-0.3, -0.25) is 0 Å². The van der Waals surface area contributed by atoms with E-state index in [0.29, 0.717) is 0 Å². The zero-order valence-electron chi connectivity index (χ0n) is 9.99. The molecule has 3 rings (SSSR count). The van der Waals surface area contributed by atoms with Crippen LogP contribution in [0.2, 0.25) is 0 Å². The Kier molecular flexibility index (Phi) is 2.99. The minimum Gasteiger partial charge on any atom is -0.341 e. The summed E-state index contributed by atoms with van der Waals surface area (Å²) in [5.74, 6) is 1.87. The van der Waals surface area contributed by atoms with Gasteiger partial charge < -0.3 is 10.3 Å². The van der Waals surface area contributed by atoms with Crippen molar-refractivity contribution in [2.75, 3.05) is 13.1 Å². The fourth-order valence-electron chi connectivity index (χ4n) is 2.39. The average molecular weight is 247 g/mol. The van der Waals surface area contributed by atoms with Crippen LogP contribution in [0.3, 0.4) is 0 Å². The van der Waals surface area contributed by atoms with Crippen LogP contribution in [0.15, 0.2) is 17.6 Å². The molecule has 1 aliphatic rings. The number of nitrogens with zero attached hydrogens (tertiary/aromatic N) is 1. The predicted octanol–water partition coefficient (Wildman–Crippen LogP) is 2.60. The number of nitrogens with one attached hydrogen (secondary N) is 2. The number of hydrogen-bond acceptors (Lipinski definition) is 3. The van der Waals surface area contributed by atoms with Crippen molar-refractivity contribution < 1.29 is 0 Å². The van der Waals surface area contributed by atoms with Crippen molar-refractivity contribution in [3.63, 3.8) is 0 Å². The molecule has 1 atom stereocenters. The minimum absolute atomic E-state index is 0.749. The third-order valence-corrected chi connectivity index (χ3v) is 4.43. The van der Waals surface area contributed by atoms with Crippen LogP contribution in [0.25, 0.3) is 10.6 Å². The van der Waals surface area contributed by atoms with E-state index in [2.05, 4.69) is 33.7 Å². The van der Waals surface area contributed by atoms with Crippen molar-refractivity contribution in [3.8, 4) is 10.6 Å². The molecule has 0 saturated carbocycles. The zero-order chi connectivity index (χ0) is 11.7. The number of aromatic nitrogens is 2. The number of rotatable bonds is 3. The fourth-order valence-corrected chi connectivity index (χ4v) is 3.29. The smallest absolute Gasteiger partial charge is 0.106 e. The van der Waals surface area contributed by atoms with Gasteiger partial charge in [0.05, 0.1) is 16.8 Å². The monoisotopic (exact) mass is 247 g/mol. The molecule has 2 aromatic rings. The summed E-state index contributed by atoms with van der Waals surface area (Å²) in [4.78, 5) is 9.27. The molecule has 4 heteroatoms. The number of thiophene rings is 1. The summed E-state index contributed by atoms with van der Waals surface area (Å²) in [7, 11) is 0. The predicted molar refractivity (Wildman–Crippen MR) is 71.3 cm³/mol. The number of H-pyrrole nitrogens is 1. The Morgan fingerprint density at radius 1 is 1.53 bits per heavy atom. The van der Waals surface area contributed by atoms with E-state index in [9.17, 15) is 0 Å². The van der Waals surface area contributed by atoms with Crippen LogP contribution in [0.1, 0.15) is 17.8 Å². The number of hydrogen-bond donors (Lipinski definition) is 2. The SMILES string of the molecule is Cc1ccsc1-c1cnc(CC2CCNC2)[nH]1. The Hall–Kier alpha value is -1.13. The highest BCUT2D eigenvalue weighted by Crippen LogP contribution is 2.27. The van der Waals surface area contributed by atoms with Crippen LogP contribution >= 0.6 is 11.3 Å². The molecular weight excluding hydrogens is 230 g/mol. The molecule has 0 spiro atoms. The van der Waals surface area contributed by atoms with Gasteiger partial charge in [-0.05, 0) is 49.4 Å². The Morgan fingerprint density at radius 2 is 2.47 bits per heavy atom. The largest absolute Gasteiger partial charge is 0.341 e. The molecule has 0 bridgehead atoms. The third-order valence-electron chi connectivity index (χ3n) is 3.38.